The van der Waals surface area contributed by atoms with Gasteiger partial charge in [0.2, 0.25) is 0 Å². The van der Waals surface area contributed by atoms with Gasteiger partial charge in [0.05, 0.1) is 13.2 Å². The normalized spacial score (nSPS) is 10.8. The molecule has 0 unspecified atom stereocenters. The number of benzene rings is 1. The molecular weight excluding hydrogens is 321 g/mol. The molecule has 0 fully saturated rings. The van der Waals surface area contributed by atoms with Crippen LogP contribution in [-0.2, 0) is 0 Å². The fourth-order valence-corrected chi connectivity index (χ4v) is 1.88. The van der Waals surface area contributed by atoms with E-state index in [0.717, 1.165) is 50.5 Å². The summed E-state index contributed by atoms with van der Waals surface area (Å²) in [6, 6.07) is 7.80. The van der Waals surface area contributed by atoms with Crippen LogP contribution in [0.3, 0.4) is 0 Å². The van der Waals surface area contributed by atoms with Crippen LogP contribution < -0.4 is 10.5 Å². The van der Waals surface area contributed by atoms with E-state index in [4.69, 9.17) is 10.5 Å². The Bertz CT molecular complexity index is 406. The minimum absolute atomic E-state index is 0. The first-order valence-electron chi connectivity index (χ1n) is 7.46. The van der Waals surface area contributed by atoms with Gasteiger partial charge in [-0.15, -0.1) is 24.8 Å². The molecule has 0 aliphatic carbocycles. The van der Waals surface area contributed by atoms with E-state index in [2.05, 4.69) is 30.7 Å². The van der Waals surface area contributed by atoms with Crippen LogP contribution in [0.25, 0.3) is 0 Å². The van der Waals surface area contributed by atoms with Crippen LogP contribution in [0.2, 0.25) is 0 Å². The Morgan fingerprint density at radius 3 is 2.18 bits per heavy atom. The molecule has 0 atom stereocenters. The zero-order valence-electron chi connectivity index (χ0n) is 13.7. The Morgan fingerprint density at radius 2 is 1.68 bits per heavy atom. The van der Waals surface area contributed by atoms with Gasteiger partial charge in [-0.25, -0.2) is 0 Å². The van der Waals surface area contributed by atoms with E-state index < -0.39 is 0 Å². The Labute approximate surface area is 146 Å². The molecule has 2 N–H and O–H groups in total. The second kappa shape index (κ2) is 13.7. The van der Waals surface area contributed by atoms with Crippen molar-refractivity contribution in [2.45, 2.75) is 27.2 Å². The van der Waals surface area contributed by atoms with Crippen molar-refractivity contribution < 1.29 is 4.74 Å². The monoisotopic (exact) mass is 349 g/mol. The summed E-state index contributed by atoms with van der Waals surface area (Å²) in [5.74, 6) is 1.48. The lowest BCUT2D eigenvalue weighted by Crippen LogP contribution is -2.26. The zero-order chi connectivity index (χ0) is 14.8. The van der Waals surface area contributed by atoms with E-state index in [1.807, 2.05) is 24.3 Å². The smallest absolute Gasteiger partial charge is 0.125 e. The predicted molar refractivity (Wildman–Crippen MR) is 100 cm³/mol. The molecule has 1 aromatic carbocycles. The maximum absolute atomic E-state index is 6.00. The van der Waals surface area contributed by atoms with Crippen molar-refractivity contribution in [3.63, 3.8) is 0 Å². The molecule has 0 radical (unpaired) electrons. The Balaban J connectivity index is 0. The van der Waals surface area contributed by atoms with Crippen molar-refractivity contribution in [3.8, 4) is 5.75 Å². The molecular formula is C16H29Cl2N3O. The highest BCUT2D eigenvalue weighted by molar-refractivity contribution is 5.97. The quantitative estimate of drug-likeness (QED) is 0.549. The van der Waals surface area contributed by atoms with Crippen molar-refractivity contribution in [3.05, 3.63) is 29.8 Å². The van der Waals surface area contributed by atoms with Gasteiger partial charge in [-0.05, 0) is 43.8 Å². The van der Waals surface area contributed by atoms with Crippen molar-refractivity contribution in [2.75, 3.05) is 32.8 Å². The van der Waals surface area contributed by atoms with E-state index in [9.17, 15) is 0 Å². The number of nitrogens with two attached hydrogens (primary N) is 1. The van der Waals surface area contributed by atoms with Gasteiger partial charge in [0, 0.05) is 12.1 Å². The Morgan fingerprint density at radius 1 is 1.09 bits per heavy atom. The average Bonchev–Trinajstić information content (AvgIpc) is 2.50. The summed E-state index contributed by atoms with van der Waals surface area (Å²) in [5, 5.41) is 0. The third kappa shape index (κ3) is 8.47. The van der Waals surface area contributed by atoms with Crippen LogP contribution >= 0.6 is 24.8 Å². The van der Waals surface area contributed by atoms with E-state index in [1.165, 1.54) is 0 Å². The summed E-state index contributed by atoms with van der Waals surface area (Å²) in [5.41, 5.74) is 6.96. The van der Waals surface area contributed by atoms with Gasteiger partial charge in [0.1, 0.15) is 11.6 Å². The first-order valence-corrected chi connectivity index (χ1v) is 7.46. The van der Waals surface area contributed by atoms with E-state index in [-0.39, 0.29) is 24.8 Å². The minimum atomic E-state index is 0. The van der Waals surface area contributed by atoms with Crippen molar-refractivity contribution >= 4 is 30.6 Å². The van der Waals surface area contributed by atoms with Crippen LogP contribution in [-0.4, -0.2) is 43.5 Å². The van der Waals surface area contributed by atoms with Crippen LogP contribution in [0.4, 0.5) is 0 Å². The molecule has 0 aromatic heterocycles. The van der Waals surface area contributed by atoms with Gasteiger partial charge < -0.3 is 15.4 Å². The molecule has 0 bridgehead atoms. The van der Waals surface area contributed by atoms with Gasteiger partial charge in [0.25, 0.3) is 0 Å². The number of amidine groups is 1. The first-order chi connectivity index (χ1) is 9.71. The van der Waals surface area contributed by atoms with Crippen LogP contribution in [0.15, 0.2) is 29.3 Å². The van der Waals surface area contributed by atoms with Gasteiger partial charge in [-0.2, -0.15) is 0 Å². The summed E-state index contributed by atoms with van der Waals surface area (Å²) in [4.78, 5) is 6.77. The lowest BCUT2D eigenvalue weighted by atomic mass is 10.2. The SMILES string of the molecule is CCCOc1ccc(C(N)=NCCN(CC)CC)cc1.Cl.Cl. The molecule has 4 nitrogen and oxygen atoms in total. The summed E-state index contributed by atoms with van der Waals surface area (Å²) >= 11 is 0. The van der Waals surface area contributed by atoms with Gasteiger partial charge >= 0.3 is 0 Å². The number of nitrogens with zero attached hydrogens (tertiary/aromatic N) is 2. The molecule has 128 valence electrons. The number of aliphatic imine (C=N–C) groups is 1. The number of ether oxygens (including phenoxy) is 1. The molecule has 6 heteroatoms. The van der Waals surface area contributed by atoms with Gasteiger partial charge in [0.15, 0.2) is 0 Å². The summed E-state index contributed by atoms with van der Waals surface area (Å²) < 4.78 is 5.54. The lowest BCUT2D eigenvalue weighted by Gasteiger charge is -2.16. The summed E-state index contributed by atoms with van der Waals surface area (Å²) in [7, 11) is 0. The summed E-state index contributed by atoms with van der Waals surface area (Å²) in [6.07, 6.45) is 1.01. The fraction of sp³-hybridized carbons (Fsp3) is 0.562. The first kappa shape index (κ1) is 23.3. The van der Waals surface area contributed by atoms with Crippen LogP contribution in [0.5, 0.6) is 5.75 Å². The number of hydrogen-bond donors (Lipinski definition) is 1. The summed E-state index contributed by atoms with van der Waals surface area (Å²) in [6.45, 7) is 10.9. The number of hydrogen-bond acceptors (Lipinski definition) is 3. The second-order valence-electron chi connectivity index (χ2n) is 4.67. The topological polar surface area (TPSA) is 50.9 Å². The zero-order valence-corrected chi connectivity index (χ0v) is 15.4. The fourth-order valence-electron chi connectivity index (χ4n) is 1.88. The predicted octanol–water partition coefficient (Wildman–Crippen LogP) is 3.37. The van der Waals surface area contributed by atoms with Crippen molar-refractivity contribution in [1.29, 1.82) is 0 Å². The Hall–Kier alpha value is -0.970. The van der Waals surface area contributed by atoms with E-state index >= 15 is 0 Å². The highest BCUT2D eigenvalue weighted by Crippen LogP contribution is 2.12. The van der Waals surface area contributed by atoms with Gasteiger partial charge in [-0.3, -0.25) is 4.99 Å². The maximum atomic E-state index is 6.00. The van der Waals surface area contributed by atoms with Gasteiger partial charge in [-0.1, -0.05) is 20.8 Å². The van der Waals surface area contributed by atoms with Crippen molar-refractivity contribution in [2.24, 2.45) is 10.7 Å². The van der Waals surface area contributed by atoms with E-state index in [0.29, 0.717) is 5.84 Å². The molecule has 0 saturated heterocycles. The van der Waals surface area contributed by atoms with Crippen molar-refractivity contribution in [1.82, 2.24) is 4.90 Å². The lowest BCUT2D eigenvalue weighted by molar-refractivity contribution is 0.313. The number of rotatable bonds is 9. The third-order valence-corrected chi connectivity index (χ3v) is 3.22. The van der Waals surface area contributed by atoms with Crippen LogP contribution in [0.1, 0.15) is 32.8 Å². The average molecular weight is 350 g/mol. The molecule has 1 aromatic rings. The standard InChI is InChI=1S/C16H27N3O.2ClH/c1-4-13-20-15-9-7-14(8-10-15)16(17)18-11-12-19(5-2)6-3;;/h7-10H,4-6,11-13H2,1-3H3,(H2,17,18);2*1H. The molecule has 0 amide bonds. The highest BCUT2D eigenvalue weighted by atomic mass is 35.5. The molecule has 0 saturated carbocycles. The maximum Gasteiger partial charge on any atom is 0.125 e. The second-order valence-corrected chi connectivity index (χ2v) is 4.67. The molecule has 0 heterocycles. The molecule has 0 spiro atoms. The molecule has 22 heavy (non-hydrogen) atoms. The highest BCUT2D eigenvalue weighted by Gasteiger charge is 2.01. The molecule has 0 aliphatic heterocycles. The van der Waals surface area contributed by atoms with Crippen LogP contribution in [0, 0.1) is 0 Å². The number of likely N-dealkylation sites (N-methyl/N-ethyl adjacent to an activating group) is 1. The number of halogens is 2. The van der Waals surface area contributed by atoms with E-state index in [1.54, 1.807) is 0 Å². The largest absolute Gasteiger partial charge is 0.494 e. The molecule has 0 aliphatic rings. The third-order valence-electron chi connectivity index (χ3n) is 3.22. The minimum Gasteiger partial charge on any atom is -0.494 e. The molecule has 1 rings (SSSR count). The Kier molecular flexibility index (Phi) is 14.5.